The van der Waals surface area contributed by atoms with Crippen molar-refractivity contribution >= 4 is 78.4 Å². The molecule has 3 aromatic carbocycles. The zero-order valence-corrected chi connectivity index (χ0v) is 23.9. The van der Waals surface area contributed by atoms with Crippen molar-refractivity contribution in [3.8, 4) is 11.5 Å². The summed E-state index contributed by atoms with van der Waals surface area (Å²) in [6, 6.07) is 17.9. The lowest BCUT2D eigenvalue weighted by Crippen LogP contribution is -2.21. The number of carbonyl (C=O) groups is 2. The van der Waals surface area contributed by atoms with E-state index in [1.807, 2.05) is 25.1 Å². The van der Waals surface area contributed by atoms with Crippen molar-refractivity contribution in [2.75, 3.05) is 23.5 Å². The van der Waals surface area contributed by atoms with Crippen LogP contribution in [0, 0.1) is 0 Å². The van der Waals surface area contributed by atoms with Crippen molar-refractivity contribution < 1.29 is 19.1 Å². The second-order valence-electron chi connectivity index (χ2n) is 7.87. The molecule has 0 bridgehead atoms. The van der Waals surface area contributed by atoms with Gasteiger partial charge in [0, 0.05) is 10.2 Å². The Labute approximate surface area is 236 Å². The summed E-state index contributed by atoms with van der Waals surface area (Å²) >= 11 is 13.4. The highest BCUT2D eigenvalue weighted by Crippen LogP contribution is 2.44. The predicted molar refractivity (Wildman–Crippen MR) is 154 cm³/mol. The summed E-state index contributed by atoms with van der Waals surface area (Å²) in [5.74, 6) is 0.162. The number of para-hydroxylation sites is 2. The Morgan fingerprint density at radius 3 is 2.49 bits per heavy atom. The van der Waals surface area contributed by atoms with E-state index in [0.717, 1.165) is 0 Å². The molecule has 7 nitrogen and oxygen atoms in total. The number of benzene rings is 3. The van der Waals surface area contributed by atoms with Crippen LogP contribution in [-0.2, 0) is 9.59 Å². The van der Waals surface area contributed by atoms with E-state index < -0.39 is 0 Å². The lowest BCUT2D eigenvalue weighted by Gasteiger charge is -2.17. The van der Waals surface area contributed by atoms with Crippen LogP contribution in [0.25, 0.3) is 6.08 Å². The van der Waals surface area contributed by atoms with Gasteiger partial charge in [-0.3, -0.25) is 9.59 Å². The summed E-state index contributed by atoms with van der Waals surface area (Å²) < 4.78 is 12.8. The quantitative estimate of drug-likeness (QED) is 0.265. The van der Waals surface area contributed by atoms with Gasteiger partial charge in [0.05, 0.1) is 33.1 Å². The van der Waals surface area contributed by atoms with Gasteiger partial charge in [-0.2, -0.15) is 10.1 Å². The SMILES string of the molecule is CCOc1cc(/C=C2/C(=O)N(c3ccccc3Cl)N=C2C)c(Br)c(Br)c1OCC(=O)Nc1ccccc1. The summed E-state index contributed by atoms with van der Waals surface area (Å²) in [5.41, 5.74) is 2.79. The number of nitrogens with zero attached hydrogens (tertiary/aromatic N) is 2. The lowest BCUT2D eigenvalue weighted by atomic mass is 10.1. The van der Waals surface area contributed by atoms with E-state index in [9.17, 15) is 9.59 Å². The molecule has 0 radical (unpaired) electrons. The number of ether oxygens (including phenoxy) is 2. The van der Waals surface area contributed by atoms with Crippen molar-refractivity contribution in [2.24, 2.45) is 5.10 Å². The fourth-order valence-electron chi connectivity index (χ4n) is 3.59. The first-order valence-corrected chi connectivity index (χ1v) is 13.2. The van der Waals surface area contributed by atoms with Crippen molar-refractivity contribution in [3.63, 3.8) is 0 Å². The van der Waals surface area contributed by atoms with E-state index in [-0.39, 0.29) is 18.4 Å². The summed E-state index contributed by atoms with van der Waals surface area (Å²) in [7, 11) is 0. The molecule has 2 amide bonds. The Bertz CT molecular complexity index is 1410. The van der Waals surface area contributed by atoms with Gasteiger partial charge in [0.25, 0.3) is 11.8 Å². The highest BCUT2D eigenvalue weighted by molar-refractivity contribution is 9.13. The van der Waals surface area contributed by atoms with Gasteiger partial charge in [-0.25, -0.2) is 0 Å². The predicted octanol–water partition coefficient (Wildman–Crippen LogP) is 7.09. The van der Waals surface area contributed by atoms with E-state index >= 15 is 0 Å². The third-order valence-corrected chi connectivity index (χ3v) is 7.77. The van der Waals surface area contributed by atoms with Crippen LogP contribution in [0.5, 0.6) is 11.5 Å². The normalized spacial score (nSPS) is 14.1. The van der Waals surface area contributed by atoms with Gasteiger partial charge in [0.2, 0.25) is 0 Å². The molecule has 37 heavy (non-hydrogen) atoms. The monoisotopic (exact) mass is 645 g/mol. The lowest BCUT2D eigenvalue weighted by molar-refractivity contribution is -0.118. The van der Waals surface area contributed by atoms with Gasteiger partial charge >= 0.3 is 0 Å². The Morgan fingerprint density at radius 2 is 1.78 bits per heavy atom. The summed E-state index contributed by atoms with van der Waals surface area (Å²) in [6.45, 7) is 3.75. The van der Waals surface area contributed by atoms with E-state index in [1.54, 1.807) is 55.5 Å². The molecule has 190 valence electrons. The van der Waals surface area contributed by atoms with E-state index in [4.69, 9.17) is 21.1 Å². The van der Waals surface area contributed by atoms with Gasteiger partial charge in [-0.1, -0.05) is 41.9 Å². The minimum Gasteiger partial charge on any atom is -0.490 e. The minimum atomic E-state index is -0.314. The maximum Gasteiger partial charge on any atom is 0.280 e. The average Bonchev–Trinajstić information content (AvgIpc) is 3.16. The number of hydrazone groups is 1. The van der Waals surface area contributed by atoms with Crippen molar-refractivity contribution in [1.29, 1.82) is 0 Å². The smallest absolute Gasteiger partial charge is 0.280 e. The van der Waals surface area contributed by atoms with Gasteiger partial charge in [0.1, 0.15) is 0 Å². The van der Waals surface area contributed by atoms with Gasteiger partial charge in [0.15, 0.2) is 18.1 Å². The Balaban J connectivity index is 1.60. The van der Waals surface area contributed by atoms with Crippen LogP contribution in [0.4, 0.5) is 11.4 Å². The second-order valence-corrected chi connectivity index (χ2v) is 9.86. The summed E-state index contributed by atoms with van der Waals surface area (Å²) in [4.78, 5) is 25.6. The largest absolute Gasteiger partial charge is 0.490 e. The number of rotatable bonds is 8. The van der Waals surface area contributed by atoms with Crippen LogP contribution in [0.2, 0.25) is 5.02 Å². The van der Waals surface area contributed by atoms with E-state index in [2.05, 4.69) is 42.3 Å². The van der Waals surface area contributed by atoms with Gasteiger partial charge < -0.3 is 14.8 Å². The van der Waals surface area contributed by atoms with Crippen LogP contribution >= 0.6 is 43.5 Å². The number of anilines is 2. The number of halogens is 3. The molecule has 3 aromatic rings. The first-order valence-electron chi connectivity index (χ1n) is 11.3. The van der Waals surface area contributed by atoms with Crippen molar-refractivity contribution in [2.45, 2.75) is 13.8 Å². The van der Waals surface area contributed by atoms with Crippen molar-refractivity contribution in [1.82, 2.24) is 0 Å². The third kappa shape index (κ3) is 6.06. The van der Waals surface area contributed by atoms with E-state index in [1.165, 1.54) is 5.01 Å². The number of hydrogen-bond donors (Lipinski definition) is 1. The fourth-order valence-corrected chi connectivity index (χ4v) is 4.75. The minimum absolute atomic E-state index is 0.225. The molecule has 0 atom stereocenters. The van der Waals surface area contributed by atoms with Gasteiger partial charge in [-0.15, -0.1) is 0 Å². The van der Waals surface area contributed by atoms with Crippen LogP contribution in [-0.4, -0.2) is 30.7 Å². The molecule has 0 saturated carbocycles. The third-order valence-electron chi connectivity index (χ3n) is 5.30. The van der Waals surface area contributed by atoms with Crippen LogP contribution in [0.15, 0.2) is 80.3 Å². The Kier molecular flexibility index (Phi) is 8.68. The molecule has 1 aliphatic heterocycles. The first-order chi connectivity index (χ1) is 17.8. The van der Waals surface area contributed by atoms with Crippen molar-refractivity contribution in [3.05, 3.63) is 85.8 Å². The van der Waals surface area contributed by atoms with Crippen LogP contribution in [0.1, 0.15) is 19.4 Å². The molecule has 0 aliphatic carbocycles. The molecular weight excluding hydrogens is 626 g/mol. The number of nitrogens with one attached hydrogen (secondary N) is 1. The number of amides is 2. The van der Waals surface area contributed by atoms with Crippen LogP contribution in [0.3, 0.4) is 0 Å². The highest BCUT2D eigenvalue weighted by Gasteiger charge is 2.30. The summed E-state index contributed by atoms with van der Waals surface area (Å²) in [6.07, 6.45) is 1.72. The first kappa shape index (κ1) is 26.9. The maximum atomic E-state index is 13.2. The maximum absolute atomic E-state index is 13.2. The number of hydrogen-bond acceptors (Lipinski definition) is 5. The van der Waals surface area contributed by atoms with Gasteiger partial charge in [-0.05, 0) is 87.7 Å². The standard InChI is InChI=1S/C27H22Br2ClN3O4/c1-3-36-22-14-17(13-19-16(2)32-33(27(19)35)21-12-8-7-11-20(21)30)24(28)25(29)26(22)37-15-23(34)31-18-9-5-4-6-10-18/h4-14H,3,15H2,1-2H3,(H,31,34)/b19-13+. The Hall–Kier alpha value is -3.14. The molecule has 1 aliphatic rings. The molecule has 4 rings (SSSR count). The zero-order chi connectivity index (χ0) is 26.5. The topological polar surface area (TPSA) is 80.2 Å². The zero-order valence-electron chi connectivity index (χ0n) is 19.9. The summed E-state index contributed by atoms with van der Waals surface area (Å²) in [5, 5.41) is 8.91. The Morgan fingerprint density at radius 1 is 1.08 bits per heavy atom. The molecule has 1 heterocycles. The van der Waals surface area contributed by atoms with E-state index in [0.29, 0.717) is 60.3 Å². The van der Waals surface area contributed by atoms with Crippen LogP contribution < -0.4 is 19.8 Å². The molecule has 1 N–H and O–H groups in total. The molecule has 0 aromatic heterocycles. The molecule has 0 saturated heterocycles. The molecule has 0 unspecified atom stereocenters. The average molecular weight is 648 g/mol. The molecule has 0 fully saturated rings. The molecular formula is C27H22Br2ClN3O4. The number of carbonyl (C=O) groups excluding carboxylic acids is 2. The second kappa shape index (κ2) is 11.9. The fraction of sp³-hybridized carbons (Fsp3) is 0.148. The molecule has 10 heteroatoms. The highest BCUT2D eigenvalue weighted by atomic mass is 79.9. The molecule has 0 spiro atoms.